The van der Waals surface area contributed by atoms with Gasteiger partial charge in [0.05, 0.1) is 11.1 Å². The van der Waals surface area contributed by atoms with Crippen molar-refractivity contribution >= 4 is 22.8 Å². The Morgan fingerprint density at radius 2 is 2.00 bits per heavy atom. The number of anilines is 2. The van der Waals surface area contributed by atoms with Crippen LogP contribution in [0.15, 0.2) is 42.7 Å². The van der Waals surface area contributed by atoms with E-state index in [1.807, 2.05) is 6.07 Å². The maximum absolute atomic E-state index is 15.1. The van der Waals surface area contributed by atoms with Crippen molar-refractivity contribution in [1.82, 2.24) is 25.3 Å². The number of benzene rings is 1. The lowest BCUT2D eigenvalue weighted by molar-refractivity contribution is 0.446. The highest BCUT2D eigenvalue weighted by Gasteiger charge is 2.24. The normalized spacial score (nSPS) is 16.5. The summed E-state index contributed by atoms with van der Waals surface area (Å²) in [7, 11) is 0. The van der Waals surface area contributed by atoms with Crippen LogP contribution in [0.5, 0.6) is 11.5 Å². The lowest BCUT2D eigenvalue weighted by Crippen LogP contribution is -2.29. The largest absolute Gasteiger partial charge is 0.453 e. The fourth-order valence-electron chi connectivity index (χ4n) is 4.07. The molecule has 3 aromatic heterocycles. The number of ether oxygens (including phenoxy) is 1. The molecule has 1 saturated heterocycles. The summed E-state index contributed by atoms with van der Waals surface area (Å²) >= 11 is 0. The molecule has 0 saturated carbocycles. The van der Waals surface area contributed by atoms with Gasteiger partial charge in [-0.05, 0) is 49.2 Å². The van der Waals surface area contributed by atoms with Gasteiger partial charge in [-0.3, -0.25) is 0 Å². The van der Waals surface area contributed by atoms with Crippen LogP contribution in [-0.2, 0) is 0 Å². The fraction of sp³-hybridized carbons (Fsp3) is 0.227. The van der Waals surface area contributed by atoms with E-state index in [9.17, 15) is 0 Å². The van der Waals surface area contributed by atoms with Crippen molar-refractivity contribution in [2.24, 2.45) is 0 Å². The van der Waals surface area contributed by atoms with Crippen LogP contribution in [0.4, 0.5) is 16.2 Å². The number of fused-ring (bicyclic) bond motifs is 1. The number of aromatic nitrogens is 4. The molecule has 0 radical (unpaired) electrons. The van der Waals surface area contributed by atoms with Gasteiger partial charge in [-0.25, -0.2) is 14.4 Å². The SMILES string of the molecule is Nc1nc(N)c(-c2ccc(Oc3ccnc4[nH]ccc34)c(F)c2)c(C2CCCNC2)n1. The molecule has 4 heterocycles. The molecule has 8 nitrogen and oxygen atoms in total. The summed E-state index contributed by atoms with van der Waals surface area (Å²) in [4.78, 5) is 15.8. The predicted octanol–water partition coefficient (Wildman–Crippen LogP) is 3.58. The molecule has 1 unspecified atom stereocenters. The molecule has 1 aromatic carbocycles. The van der Waals surface area contributed by atoms with Crippen molar-refractivity contribution in [3.63, 3.8) is 0 Å². The Bertz CT molecular complexity index is 1250. The summed E-state index contributed by atoms with van der Waals surface area (Å²) in [5, 5.41) is 4.14. The van der Waals surface area contributed by atoms with E-state index >= 15 is 4.39 Å². The second-order valence-corrected chi connectivity index (χ2v) is 7.57. The standard InChI is InChI=1S/C22H22FN7O/c23-15-10-12(3-4-17(15)31-16-6-9-28-21-14(16)5-8-27-21)18-19(13-2-1-7-26-11-13)29-22(25)30-20(18)24/h3-6,8-10,13,26H,1-2,7,11H2,(H,27,28)(H4,24,25,29,30). The van der Waals surface area contributed by atoms with Crippen LogP contribution in [0.2, 0.25) is 0 Å². The Labute approximate surface area is 177 Å². The van der Waals surface area contributed by atoms with Gasteiger partial charge < -0.3 is 26.5 Å². The van der Waals surface area contributed by atoms with Crippen molar-refractivity contribution in [3.8, 4) is 22.6 Å². The summed E-state index contributed by atoms with van der Waals surface area (Å²) < 4.78 is 20.9. The summed E-state index contributed by atoms with van der Waals surface area (Å²) in [6.45, 7) is 1.73. The van der Waals surface area contributed by atoms with E-state index in [2.05, 4.69) is 25.3 Å². The molecule has 158 valence electrons. The lowest BCUT2D eigenvalue weighted by Gasteiger charge is -2.25. The van der Waals surface area contributed by atoms with Crippen molar-refractivity contribution in [3.05, 3.63) is 54.2 Å². The zero-order valence-electron chi connectivity index (χ0n) is 16.7. The molecular weight excluding hydrogens is 397 g/mol. The molecule has 31 heavy (non-hydrogen) atoms. The number of hydrogen-bond acceptors (Lipinski definition) is 7. The number of nitrogens with one attached hydrogen (secondary N) is 2. The number of hydrogen-bond donors (Lipinski definition) is 4. The first kappa shape index (κ1) is 19.3. The highest BCUT2D eigenvalue weighted by Crippen LogP contribution is 2.38. The Morgan fingerprint density at radius 3 is 2.81 bits per heavy atom. The molecule has 0 spiro atoms. The molecule has 1 fully saturated rings. The van der Waals surface area contributed by atoms with Gasteiger partial charge >= 0.3 is 0 Å². The first-order chi connectivity index (χ1) is 15.1. The monoisotopic (exact) mass is 419 g/mol. The lowest BCUT2D eigenvalue weighted by atomic mass is 9.90. The van der Waals surface area contributed by atoms with Crippen molar-refractivity contribution in [2.75, 3.05) is 24.6 Å². The van der Waals surface area contributed by atoms with Gasteiger partial charge in [0.15, 0.2) is 11.6 Å². The van der Waals surface area contributed by atoms with Crippen LogP contribution in [0, 0.1) is 5.82 Å². The molecule has 0 bridgehead atoms. The second kappa shape index (κ2) is 7.84. The third-order valence-corrected chi connectivity index (χ3v) is 5.53. The summed E-state index contributed by atoms with van der Waals surface area (Å²) in [5.74, 6) is 0.603. The van der Waals surface area contributed by atoms with Crippen LogP contribution >= 0.6 is 0 Å². The number of nitrogen functional groups attached to an aromatic ring is 2. The molecule has 1 aliphatic rings. The molecule has 0 aliphatic carbocycles. The third kappa shape index (κ3) is 3.64. The summed E-state index contributed by atoms with van der Waals surface area (Å²) in [5.41, 5.74) is 14.7. The molecule has 6 N–H and O–H groups in total. The smallest absolute Gasteiger partial charge is 0.222 e. The van der Waals surface area contributed by atoms with Gasteiger partial charge in [-0.1, -0.05) is 6.07 Å². The number of piperidine rings is 1. The van der Waals surface area contributed by atoms with Gasteiger partial charge in [0.2, 0.25) is 5.95 Å². The molecule has 9 heteroatoms. The van der Waals surface area contributed by atoms with Gasteiger partial charge in [0.25, 0.3) is 0 Å². The van der Waals surface area contributed by atoms with E-state index in [-0.39, 0.29) is 23.4 Å². The van der Waals surface area contributed by atoms with Crippen molar-refractivity contribution < 1.29 is 9.13 Å². The predicted molar refractivity (Wildman–Crippen MR) is 117 cm³/mol. The number of halogens is 1. The Kier molecular flexibility index (Phi) is 4.87. The van der Waals surface area contributed by atoms with E-state index < -0.39 is 5.82 Å². The zero-order valence-corrected chi connectivity index (χ0v) is 16.7. The van der Waals surface area contributed by atoms with E-state index in [0.717, 1.165) is 37.0 Å². The maximum Gasteiger partial charge on any atom is 0.222 e. The van der Waals surface area contributed by atoms with Gasteiger partial charge in [0.1, 0.15) is 17.2 Å². The Balaban J connectivity index is 1.52. The van der Waals surface area contributed by atoms with Crippen LogP contribution < -0.4 is 21.5 Å². The molecule has 0 amide bonds. The quantitative estimate of drug-likeness (QED) is 0.398. The summed E-state index contributed by atoms with van der Waals surface area (Å²) in [6.07, 6.45) is 5.34. The Morgan fingerprint density at radius 1 is 1.10 bits per heavy atom. The number of aromatic amines is 1. The molecular formula is C22H22FN7O. The van der Waals surface area contributed by atoms with Crippen LogP contribution in [0.3, 0.4) is 0 Å². The third-order valence-electron chi connectivity index (χ3n) is 5.53. The number of nitrogens with two attached hydrogens (primary N) is 2. The van der Waals surface area contributed by atoms with Crippen molar-refractivity contribution in [1.29, 1.82) is 0 Å². The van der Waals surface area contributed by atoms with E-state index in [1.54, 1.807) is 30.6 Å². The first-order valence-electron chi connectivity index (χ1n) is 10.1. The molecule has 1 atom stereocenters. The van der Waals surface area contributed by atoms with E-state index in [4.69, 9.17) is 16.2 Å². The number of rotatable bonds is 4. The minimum absolute atomic E-state index is 0.105. The van der Waals surface area contributed by atoms with Crippen LogP contribution in [0.25, 0.3) is 22.2 Å². The van der Waals surface area contributed by atoms with E-state index in [0.29, 0.717) is 22.5 Å². The topological polar surface area (TPSA) is 128 Å². The Hall–Kier alpha value is -3.72. The first-order valence-corrected chi connectivity index (χ1v) is 10.1. The van der Waals surface area contributed by atoms with Crippen LogP contribution in [0.1, 0.15) is 24.5 Å². The number of nitrogens with zero attached hydrogens (tertiary/aromatic N) is 3. The molecule has 4 aromatic rings. The van der Waals surface area contributed by atoms with Gasteiger partial charge in [0, 0.05) is 30.4 Å². The molecule has 1 aliphatic heterocycles. The number of pyridine rings is 1. The minimum Gasteiger partial charge on any atom is -0.453 e. The summed E-state index contributed by atoms with van der Waals surface area (Å²) in [6, 6.07) is 8.28. The fourth-order valence-corrected chi connectivity index (χ4v) is 4.07. The molecule has 5 rings (SSSR count). The van der Waals surface area contributed by atoms with Gasteiger partial charge in [-0.15, -0.1) is 0 Å². The minimum atomic E-state index is -0.512. The highest BCUT2D eigenvalue weighted by molar-refractivity contribution is 5.83. The highest BCUT2D eigenvalue weighted by atomic mass is 19.1. The average molecular weight is 419 g/mol. The van der Waals surface area contributed by atoms with Crippen LogP contribution in [-0.4, -0.2) is 33.0 Å². The zero-order chi connectivity index (χ0) is 21.4. The van der Waals surface area contributed by atoms with Gasteiger partial charge in [-0.2, -0.15) is 4.98 Å². The average Bonchev–Trinajstić information content (AvgIpc) is 3.25. The maximum atomic E-state index is 15.1. The number of H-pyrrole nitrogens is 1. The van der Waals surface area contributed by atoms with E-state index in [1.165, 1.54) is 6.07 Å². The second-order valence-electron chi connectivity index (χ2n) is 7.57. The van der Waals surface area contributed by atoms with Crippen molar-refractivity contribution in [2.45, 2.75) is 18.8 Å².